The minimum Gasteiger partial charge on any atom is -0.497 e. The second-order valence-electron chi connectivity index (χ2n) is 5.64. The Kier molecular flexibility index (Phi) is 5.93. The van der Waals surface area contributed by atoms with E-state index in [0.717, 1.165) is 21.9 Å². The van der Waals surface area contributed by atoms with E-state index in [9.17, 15) is 4.79 Å². The van der Waals surface area contributed by atoms with Crippen molar-refractivity contribution in [2.24, 2.45) is 0 Å². The Balaban J connectivity index is 1.64. The van der Waals surface area contributed by atoms with E-state index in [-0.39, 0.29) is 12.5 Å². The molecule has 0 fully saturated rings. The quantitative estimate of drug-likeness (QED) is 0.663. The van der Waals surface area contributed by atoms with Gasteiger partial charge in [-0.25, -0.2) is 4.98 Å². The predicted octanol–water partition coefficient (Wildman–Crippen LogP) is 4.15. The third kappa shape index (κ3) is 4.57. The van der Waals surface area contributed by atoms with Gasteiger partial charge in [-0.15, -0.1) is 11.3 Å². The summed E-state index contributed by atoms with van der Waals surface area (Å²) in [6.07, 6.45) is 0. The van der Waals surface area contributed by atoms with Crippen LogP contribution in [0.25, 0.3) is 11.3 Å². The number of methoxy groups -OCH3 is 2. The first-order chi connectivity index (χ1) is 13.1. The fourth-order valence-corrected chi connectivity index (χ4v) is 3.36. The number of amides is 1. The first-order valence-electron chi connectivity index (χ1n) is 8.28. The van der Waals surface area contributed by atoms with Gasteiger partial charge >= 0.3 is 0 Å². The van der Waals surface area contributed by atoms with Crippen molar-refractivity contribution in [1.29, 1.82) is 0 Å². The molecule has 1 heterocycles. The number of anilines is 1. The van der Waals surface area contributed by atoms with Gasteiger partial charge in [0.15, 0.2) is 23.2 Å². The topological polar surface area (TPSA) is 69.7 Å². The van der Waals surface area contributed by atoms with Crippen LogP contribution in [0, 0.1) is 6.92 Å². The van der Waals surface area contributed by atoms with E-state index < -0.39 is 0 Å². The maximum absolute atomic E-state index is 12.2. The Labute approximate surface area is 161 Å². The number of ether oxygens (including phenoxy) is 3. The average molecular weight is 384 g/mol. The van der Waals surface area contributed by atoms with Gasteiger partial charge in [-0.05, 0) is 43.3 Å². The zero-order valence-electron chi connectivity index (χ0n) is 15.3. The van der Waals surface area contributed by atoms with E-state index >= 15 is 0 Å². The molecule has 2 aromatic carbocycles. The lowest BCUT2D eigenvalue weighted by Gasteiger charge is -2.09. The molecule has 0 radical (unpaired) electrons. The summed E-state index contributed by atoms with van der Waals surface area (Å²) in [5.74, 6) is 1.60. The summed E-state index contributed by atoms with van der Waals surface area (Å²) in [5, 5.41) is 3.32. The molecule has 0 aliphatic rings. The first kappa shape index (κ1) is 18.7. The maximum atomic E-state index is 12.2. The van der Waals surface area contributed by atoms with Crippen molar-refractivity contribution in [3.63, 3.8) is 0 Å². The summed E-state index contributed by atoms with van der Waals surface area (Å²) in [6.45, 7) is 1.84. The minimum absolute atomic E-state index is 0.128. The number of benzene rings is 2. The summed E-state index contributed by atoms with van der Waals surface area (Å²) >= 11 is 1.42. The van der Waals surface area contributed by atoms with Crippen molar-refractivity contribution in [3.8, 4) is 28.5 Å². The number of rotatable bonds is 7. The fourth-order valence-electron chi connectivity index (χ4n) is 2.50. The van der Waals surface area contributed by atoms with Crippen LogP contribution in [0.4, 0.5) is 5.13 Å². The first-order valence-corrected chi connectivity index (χ1v) is 9.10. The molecule has 6 nitrogen and oxygen atoms in total. The molecule has 0 saturated carbocycles. The molecule has 1 N–H and O–H groups in total. The molecule has 1 amide bonds. The number of hydrogen-bond acceptors (Lipinski definition) is 6. The van der Waals surface area contributed by atoms with Crippen LogP contribution >= 0.6 is 11.3 Å². The van der Waals surface area contributed by atoms with E-state index in [1.54, 1.807) is 26.4 Å². The Bertz CT molecular complexity index is 922. The molecule has 3 rings (SSSR count). The molecule has 140 valence electrons. The normalized spacial score (nSPS) is 10.3. The molecular formula is C20H20N2O4S. The van der Waals surface area contributed by atoms with Crippen molar-refractivity contribution in [2.45, 2.75) is 6.92 Å². The number of para-hydroxylation sites is 2. The molecule has 0 aliphatic carbocycles. The van der Waals surface area contributed by atoms with E-state index in [1.165, 1.54) is 11.3 Å². The van der Waals surface area contributed by atoms with Crippen LogP contribution < -0.4 is 19.5 Å². The number of hydrogen-bond donors (Lipinski definition) is 1. The SMILES string of the molecule is COc1ccc(-c2nc(NC(=O)COc3ccccc3OC)sc2C)cc1. The third-order valence-corrected chi connectivity index (χ3v) is 4.72. The molecule has 0 atom stereocenters. The second-order valence-corrected chi connectivity index (χ2v) is 6.84. The minimum atomic E-state index is -0.282. The van der Waals surface area contributed by atoms with Gasteiger partial charge in [0.05, 0.1) is 19.9 Å². The molecule has 0 unspecified atom stereocenters. The Hall–Kier alpha value is -3.06. The number of carbonyl (C=O) groups is 1. The lowest BCUT2D eigenvalue weighted by atomic mass is 10.1. The Morgan fingerprint density at radius 2 is 1.74 bits per heavy atom. The van der Waals surface area contributed by atoms with Crippen molar-refractivity contribution in [3.05, 3.63) is 53.4 Å². The summed E-state index contributed by atoms with van der Waals surface area (Å²) in [6, 6.07) is 14.8. The monoisotopic (exact) mass is 384 g/mol. The highest BCUT2D eigenvalue weighted by Gasteiger charge is 2.13. The van der Waals surface area contributed by atoms with E-state index in [2.05, 4.69) is 10.3 Å². The smallest absolute Gasteiger partial charge is 0.264 e. The maximum Gasteiger partial charge on any atom is 0.264 e. The van der Waals surface area contributed by atoms with Crippen LogP contribution in [0.5, 0.6) is 17.2 Å². The van der Waals surface area contributed by atoms with Crippen LogP contribution in [0.2, 0.25) is 0 Å². The van der Waals surface area contributed by atoms with Crippen LogP contribution in [0.3, 0.4) is 0 Å². The second kappa shape index (κ2) is 8.55. The molecule has 0 aliphatic heterocycles. The number of nitrogens with one attached hydrogen (secondary N) is 1. The average Bonchev–Trinajstić information content (AvgIpc) is 3.06. The molecule has 0 bridgehead atoms. The van der Waals surface area contributed by atoms with Crippen molar-refractivity contribution in [2.75, 3.05) is 26.1 Å². The summed E-state index contributed by atoms with van der Waals surface area (Å²) in [4.78, 5) is 17.7. The molecule has 27 heavy (non-hydrogen) atoms. The predicted molar refractivity (Wildman–Crippen MR) is 106 cm³/mol. The largest absolute Gasteiger partial charge is 0.497 e. The number of aromatic nitrogens is 1. The van der Waals surface area contributed by atoms with Crippen LogP contribution in [-0.2, 0) is 4.79 Å². The molecule has 3 aromatic rings. The molecule has 1 aromatic heterocycles. The molecule has 0 saturated heterocycles. The van der Waals surface area contributed by atoms with Crippen LogP contribution in [-0.4, -0.2) is 31.7 Å². The summed E-state index contributed by atoms with van der Waals surface area (Å²) in [7, 11) is 3.19. The van der Waals surface area contributed by atoms with Gasteiger partial charge in [0.1, 0.15) is 5.75 Å². The Morgan fingerprint density at radius 3 is 2.41 bits per heavy atom. The molecule has 7 heteroatoms. The van der Waals surface area contributed by atoms with Crippen molar-refractivity contribution >= 4 is 22.4 Å². The molecular weight excluding hydrogens is 364 g/mol. The number of carbonyl (C=O) groups excluding carboxylic acids is 1. The fraction of sp³-hybridized carbons (Fsp3) is 0.200. The van der Waals surface area contributed by atoms with Crippen LogP contribution in [0.1, 0.15) is 4.88 Å². The standard InChI is InChI=1S/C20H20N2O4S/c1-13-19(14-8-10-15(24-2)11-9-14)22-20(27-13)21-18(23)12-26-17-7-5-4-6-16(17)25-3/h4-11H,12H2,1-3H3,(H,21,22,23). The number of aryl methyl sites for hydroxylation is 1. The van der Waals surface area contributed by atoms with Gasteiger partial charge in [-0.3, -0.25) is 10.1 Å². The zero-order valence-corrected chi connectivity index (χ0v) is 16.1. The highest BCUT2D eigenvalue weighted by Crippen LogP contribution is 2.31. The highest BCUT2D eigenvalue weighted by molar-refractivity contribution is 7.16. The van der Waals surface area contributed by atoms with Gasteiger partial charge in [0.2, 0.25) is 0 Å². The molecule has 0 spiro atoms. The summed E-state index contributed by atoms with van der Waals surface area (Å²) in [5.41, 5.74) is 1.80. The van der Waals surface area contributed by atoms with E-state index in [4.69, 9.17) is 14.2 Å². The van der Waals surface area contributed by atoms with E-state index in [1.807, 2.05) is 43.3 Å². The van der Waals surface area contributed by atoms with E-state index in [0.29, 0.717) is 16.6 Å². The zero-order chi connectivity index (χ0) is 19.2. The van der Waals surface area contributed by atoms with Gasteiger partial charge in [0, 0.05) is 10.4 Å². The van der Waals surface area contributed by atoms with Gasteiger partial charge in [-0.2, -0.15) is 0 Å². The third-order valence-electron chi connectivity index (χ3n) is 3.83. The lowest BCUT2D eigenvalue weighted by molar-refractivity contribution is -0.118. The van der Waals surface area contributed by atoms with Crippen molar-refractivity contribution < 1.29 is 19.0 Å². The van der Waals surface area contributed by atoms with Gasteiger partial charge < -0.3 is 14.2 Å². The van der Waals surface area contributed by atoms with Gasteiger partial charge in [0.25, 0.3) is 5.91 Å². The number of nitrogens with zero attached hydrogens (tertiary/aromatic N) is 1. The summed E-state index contributed by atoms with van der Waals surface area (Å²) < 4.78 is 15.9. The van der Waals surface area contributed by atoms with Gasteiger partial charge in [-0.1, -0.05) is 12.1 Å². The highest BCUT2D eigenvalue weighted by atomic mass is 32.1. The van der Waals surface area contributed by atoms with Crippen molar-refractivity contribution in [1.82, 2.24) is 4.98 Å². The Morgan fingerprint density at radius 1 is 1.04 bits per heavy atom. The lowest BCUT2D eigenvalue weighted by Crippen LogP contribution is -2.20. The number of thiazole rings is 1. The van der Waals surface area contributed by atoms with Crippen LogP contribution in [0.15, 0.2) is 48.5 Å².